The van der Waals surface area contributed by atoms with Crippen LogP contribution in [0.3, 0.4) is 0 Å². The summed E-state index contributed by atoms with van der Waals surface area (Å²) < 4.78 is 14.5. The van der Waals surface area contributed by atoms with Gasteiger partial charge in [-0.05, 0) is 67.6 Å². The van der Waals surface area contributed by atoms with Crippen LogP contribution < -0.4 is 4.74 Å². The number of ether oxygens (including phenoxy) is 2. The van der Waals surface area contributed by atoms with E-state index in [2.05, 4.69) is 27.1 Å². The predicted octanol–water partition coefficient (Wildman–Crippen LogP) is 4.80. The average Bonchev–Trinajstić information content (AvgIpc) is 3.05. The van der Waals surface area contributed by atoms with E-state index in [0.717, 1.165) is 41.6 Å². The summed E-state index contributed by atoms with van der Waals surface area (Å²) in [6, 6.07) is 6.08. The van der Waals surface area contributed by atoms with E-state index in [0.29, 0.717) is 19.7 Å². The van der Waals surface area contributed by atoms with E-state index in [-0.39, 0.29) is 6.09 Å². The number of carbonyl (C=O) groups is 1. The first-order chi connectivity index (χ1) is 13.3. The van der Waals surface area contributed by atoms with Gasteiger partial charge in [0.15, 0.2) is 0 Å². The van der Waals surface area contributed by atoms with Gasteiger partial charge in [-0.15, -0.1) is 0 Å². The molecule has 1 aliphatic heterocycles. The molecule has 3 rings (SSSR count). The maximum absolute atomic E-state index is 12.3. The highest BCUT2D eigenvalue weighted by Gasteiger charge is 2.26. The summed E-state index contributed by atoms with van der Waals surface area (Å²) in [6.07, 6.45) is 6.28. The second-order valence-electron chi connectivity index (χ2n) is 8.02. The zero-order chi connectivity index (χ0) is 20.1. The molecule has 1 amide bonds. The molecule has 0 aliphatic carbocycles. The van der Waals surface area contributed by atoms with Gasteiger partial charge in [-0.1, -0.05) is 12.1 Å². The number of aryl methyl sites for hydroxylation is 1. The molecule has 0 radical (unpaired) electrons. The predicted molar refractivity (Wildman–Crippen MR) is 111 cm³/mol. The quantitative estimate of drug-likeness (QED) is 0.594. The largest absolute Gasteiger partial charge is 0.493 e. The van der Waals surface area contributed by atoms with Gasteiger partial charge in [-0.3, -0.25) is 4.68 Å². The SMILES string of the molecule is CC(C)(C)OC(=O)N1CCc2c(cccc2OCCCCn2cc(Br)cn2)C1. The number of hydrogen-bond donors (Lipinski definition) is 0. The molecule has 1 aromatic carbocycles. The van der Waals surface area contributed by atoms with Crippen LogP contribution in [0.2, 0.25) is 0 Å². The van der Waals surface area contributed by atoms with E-state index in [1.54, 1.807) is 11.1 Å². The average molecular weight is 450 g/mol. The lowest BCUT2D eigenvalue weighted by atomic mass is 9.99. The second-order valence-corrected chi connectivity index (χ2v) is 8.94. The van der Waals surface area contributed by atoms with Gasteiger partial charge in [0, 0.05) is 31.4 Å². The van der Waals surface area contributed by atoms with Crippen molar-refractivity contribution in [2.75, 3.05) is 13.2 Å². The van der Waals surface area contributed by atoms with E-state index in [9.17, 15) is 4.79 Å². The van der Waals surface area contributed by atoms with Crippen molar-refractivity contribution in [3.8, 4) is 5.75 Å². The van der Waals surface area contributed by atoms with E-state index in [1.807, 2.05) is 43.8 Å². The number of benzene rings is 1. The lowest BCUT2D eigenvalue weighted by Crippen LogP contribution is -2.40. The number of halogens is 1. The maximum atomic E-state index is 12.3. The number of nitrogens with zero attached hydrogens (tertiary/aromatic N) is 3. The lowest BCUT2D eigenvalue weighted by Gasteiger charge is -2.31. The fourth-order valence-corrected chi connectivity index (χ4v) is 3.54. The Kier molecular flexibility index (Phi) is 6.65. The van der Waals surface area contributed by atoms with E-state index < -0.39 is 5.60 Å². The third-order valence-electron chi connectivity index (χ3n) is 4.52. The highest BCUT2D eigenvalue weighted by Crippen LogP contribution is 2.29. The molecular weight excluding hydrogens is 422 g/mol. The molecule has 2 aromatic rings. The molecule has 6 nitrogen and oxygen atoms in total. The maximum Gasteiger partial charge on any atom is 0.410 e. The van der Waals surface area contributed by atoms with E-state index in [4.69, 9.17) is 9.47 Å². The van der Waals surface area contributed by atoms with Crippen molar-refractivity contribution in [3.63, 3.8) is 0 Å². The van der Waals surface area contributed by atoms with E-state index in [1.165, 1.54) is 5.56 Å². The standard InChI is InChI=1S/C21H28BrN3O3/c1-21(2,3)28-20(26)24-11-9-18-16(14-24)7-6-8-19(18)27-12-5-4-10-25-15-17(22)13-23-25/h6-8,13,15H,4-5,9-12,14H2,1-3H3. The topological polar surface area (TPSA) is 56.6 Å². The molecular formula is C21H28BrN3O3. The van der Waals surface area contributed by atoms with Crippen LogP contribution >= 0.6 is 15.9 Å². The van der Waals surface area contributed by atoms with Crippen LogP contribution in [0.15, 0.2) is 35.1 Å². The Labute approximate surface area is 174 Å². The van der Waals surface area contributed by atoms with Crippen molar-refractivity contribution in [3.05, 3.63) is 46.2 Å². The number of rotatable bonds is 6. The Morgan fingerprint density at radius 2 is 2.11 bits per heavy atom. The number of hydrogen-bond acceptors (Lipinski definition) is 4. The van der Waals surface area contributed by atoms with Crippen molar-refractivity contribution >= 4 is 22.0 Å². The zero-order valence-electron chi connectivity index (χ0n) is 16.8. The van der Waals surface area contributed by atoms with Gasteiger partial charge in [-0.2, -0.15) is 5.10 Å². The van der Waals surface area contributed by atoms with Gasteiger partial charge in [0.05, 0.1) is 17.3 Å². The summed E-state index contributed by atoms with van der Waals surface area (Å²) in [5.74, 6) is 0.933. The van der Waals surface area contributed by atoms with Crippen molar-refractivity contribution in [1.29, 1.82) is 0 Å². The van der Waals surface area contributed by atoms with Crippen LogP contribution in [0, 0.1) is 0 Å². The van der Waals surface area contributed by atoms with Gasteiger partial charge in [-0.25, -0.2) is 4.79 Å². The minimum Gasteiger partial charge on any atom is -0.493 e. The van der Waals surface area contributed by atoms with Crippen LogP contribution in [0.5, 0.6) is 5.75 Å². The highest BCUT2D eigenvalue weighted by atomic mass is 79.9. The minimum atomic E-state index is -0.478. The van der Waals surface area contributed by atoms with Gasteiger partial charge in [0.25, 0.3) is 0 Å². The minimum absolute atomic E-state index is 0.255. The Bertz CT molecular complexity index is 813. The molecule has 0 spiro atoms. The van der Waals surface area contributed by atoms with Gasteiger partial charge in [0.1, 0.15) is 11.4 Å². The Hall–Kier alpha value is -2.02. The van der Waals surface area contributed by atoms with Crippen molar-refractivity contribution < 1.29 is 14.3 Å². The summed E-state index contributed by atoms with van der Waals surface area (Å²) in [7, 11) is 0. The third-order valence-corrected chi connectivity index (χ3v) is 4.93. The van der Waals surface area contributed by atoms with Gasteiger partial charge in [0.2, 0.25) is 0 Å². The number of unbranched alkanes of at least 4 members (excludes halogenated alkanes) is 1. The van der Waals surface area contributed by atoms with E-state index >= 15 is 0 Å². The fourth-order valence-electron chi connectivity index (χ4n) is 3.21. The normalized spacial score (nSPS) is 13.9. The first kappa shape index (κ1) is 20.7. The number of carbonyl (C=O) groups excluding carboxylic acids is 1. The van der Waals surface area contributed by atoms with Crippen LogP contribution in [0.25, 0.3) is 0 Å². The summed E-state index contributed by atoms with van der Waals surface area (Å²) in [4.78, 5) is 14.1. The molecule has 0 fully saturated rings. The zero-order valence-corrected chi connectivity index (χ0v) is 18.4. The monoisotopic (exact) mass is 449 g/mol. The Morgan fingerprint density at radius 3 is 2.82 bits per heavy atom. The first-order valence-corrected chi connectivity index (χ1v) is 10.5. The molecule has 7 heteroatoms. The molecule has 28 heavy (non-hydrogen) atoms. The van der Waals surface area contributed by atoms with Crippen LogP contribution in [0.4, 0.5) is 4.79 Å². The first-order valence-electron chi connectivity index (χ1n) is 9.71. The summed E-state index contributed by atoms with van der Waals surface area (Å²) in [5, 5.41) is 4.26. The summed E-state index contributed by atoms with van der Waals surface area (Å²) in [6.45, 7) is 8.44. The van der Waals surface area contributed by atoms with Crippen molar-refractivity contribution in [2.24, 2.45) is 0 Å². The van der Waals surface area contributed by atoms with Crippen LogP contribution in [0.1, 0.15) is 44.7 Å². The molecule has 0 unspecified atom stereocenters. The third kappa shape index (κ3) is 5.74. The second kappa shape index (κ2) is 8.99. The van der Waals surface area contributed by atoms with Gasteiger partial charge < -0.3 is 14.4 Å². The summed E-state index contributed by atoms with van der Waals surface area (Å²) >= 11 is 3.41. The lowest BCUT2D eigenvalue weighted by molar-refractivity contribution is 0.0223. The highest BCUT2D eigenvalue weighted by molar-refractivity contribution is 9.10. The number of aromatic nitrogens is 2. The molecule has 0 saturated carbocycles. The molecule has 1 aliphatic rings. The Balaban J connectivity index is 1.50. The van der Waals surface area contributed by atoms with Crippen LogP contribution in [-0.4, -0.2) is 39.5 Å². The molecule has 152 valence electrons. The smallest absolute Gasteiger partial charge is 0.410 e. The summed E-state index contributed by atoms with van der Waals surface area (Å²) in [5.41, 5.74) is 1.86. The molecule has 2 heterocycles. The van der Waals surface area contributed by atoms with Gasteiger partial charge >= 0.3 is 6.09 Å². The Morgan fingerprint density at radius 1 is 1.29 bits per heavy atom. The fraction of sp³-hybridized carbons (Fsp3) is 0.524. The molecule has 0 atom stereocenters. The number of amides is 1. The molecule has 1 aromatic heterocycles. The molecule has 0 saturated heterocycles. The van der Waals surface area contributed by atoms with Crippen LogP contribution in [-0.2, 0) is 24.2 Å². The number of fused-ring (bicyclic) bond motifs is 1. The van der Waals surface area contributed by atoms with Crippen molar-refractivity contribution in [2.45, 2.75) is 58.7 Å². The molecule has 0 N–H and O–H groups in total. The van der Waals surface area contributed by atoms with Crippen molar-refractivity contribution in [1.82, 2.24) is 14.7 Å². The molecule has 0 bridgehead atoms.